The molecule has 1 aliphatic rings. The van der Waals surface area contributed by atoms with Crippen molar-refractivity contribution < 1.29 is 14.9 Å². The number of phenolic OH excluding ortho intramolecular Hbond substituents is 1. The molecule has 1 aromatic carbocycles. The van der Waals surface area contributed by atoms with Crippen LogP contribution in [0.3, 0.4) is 0 Å². The van der Waals surface area contributed by atoms with Crippen LogP contribution in [0.4, 0.5) is 0 Å². The summed E-state index contributed by atoms with van der Waals surface area (Å²) in [5.74, 6) is 0.259. The molecule has 0 saturated heterocycles. The molecule has 1 atom stereocenters. The summed E-state index contributed by atoms with van der Waals surface area (Å²) in [7, 11) is 0. The van der Waals surface area contributed by atoms with E-state index in [1.165, 1.54) is 0 Å². The van der Waals surface area contributed by atoms with Crippen molar-refractivity contribution in [1.82, 2.24) is 0 Å². The molecule has 14 heavy (non-hydrogen) atoms. The Bertz CT molecular complexity index is 345. The standard InChI is InChI=1S/C11H14O3/c1-7(12)4-9-10-6-14-5-8(10)2-3-11(9)13/h2-3,7,12-13H,4-6H2,1H3. The molecule has 0 saturated carbocycles. The first-order valence-electron chi connectivity index (χ1n) is 4.77. The number of hydrogen-bond donors (Lipinski definition) is 2. The Hall–Kier alpha value is -1.06. The van der Waals surface area contributed by atoms with Crippen molar-refractivity contribution in [3.8, 4) is 5.75 Å². The second kappa shape index (κ2) is 3.59. The van der Waals surface area contributed by atoms with Gasteiger partial charge >= 0.3 is 0 Å². The molecule has 0 fully saturated rings. The van der Waals surface area contributed by atoms with Gasteiger partial charge in [0.05, 0.1) is 19.3 Å². The fourth-order valence-electron chi connectivity index (χ4n) is 1.83. The number of phenols is 1. The van der Waals surface area contributed by atoms with Crippen molar-refractivity contribution in [3.05, 3.63) is 28.8 Å². The Morgan fingerprint density at radius 1 is 1.43 bits per heavy atom. The van der Waals surface area contributed by atoms with Gasteiger partial charge in [0.15, 0.2) is 0 Å². The first-order valence-corrected chi connectivity index (χ1v) is 4.77. The minimum Gasteiger partial charge on any atom is -0.508 e. The highest BCUT2D eigenvalue weighted by atomic mass is 16.5. The van der Waals surface area contributed by atoms with Crippen LogP contribution in [0.1, 0.15) is 23.6 Å². The summed E-state index contributed by atoms with van der Waals surface area (Å²) >= 11 is 0. The Labute approximate surface area is 83.0 Å². The van der Waals surface area contributed by atoms with Crippen molar-refractivity contribution in [2.45, 2.75) is 32.7 Å². The van der Waals surface area contributed by atoms with E-state index in [2.05, 4.69) is 0 Å². The summed E-state index contributed by atoms with van der Waals surface area (Å²) in [5.41, 5.74) is 3.00. The smallest absolute Gasteiger partial charge is 0.119 e. The minimum absolute atomic E-state index is 0.259. The lowest BCUT2D eigenvalue weighted by Crippen LogP contribution is -2.07. The van der Waals surface area contributed by atoms with Crippen LogP contribution in [-0.4, -0.2) is 16.3 Å². The molecule has 0 spiro atoms. The van der Waals surface area contributed by atoms with Crippen LogP contribution in [0.5, 0.6) is 5.75 Å². The second-order valence-electron chi connectivity index (χ2n) is 3.75. The Morgan fingerprint density at radius 3 is 2.93 bits per heavy atom. The Kier molecular flexibility index (Phi) is 2.44. The summed E-state index contributed by atoms with van der Waals surface area (Å²) in [5, 5.41) is 19.0. The zero-order valence-electron chi connectivity index (χ0n) is 8.16. The maximum absolute atomic E-state index is 9.66. The van der Waals surface area contributed by atoms with Crippen LogP contribution in [0.15, 0.2) is 12.1 Å². The van der Waals surface area contributed by atoms with E-state index in [9.17, 15) is 10.2 Å². The second-order valence-corrected chi connectivity index (χ2v) is 3.75. The summed E-state index contributed by atoms with van der Waals surface area (Å²) < 4.78 is 5.30. The molecule has 0 amide bonds. The van der Waals surface area contributed by atoms with E-state index < -0.39 is 6.10 Å². The number of hydrogen-bond acceptors (Lipinski definition) is 3. The summed E-state index contributed by atoms with van der Waals surface area (Å²) in [6, 6.07) is 3.55. The quantitative estimate of drug-likeness (QED) is 0.747. The van der Waals surface area contributed by atoms with Crippen molar-refractivity contribution in [2.75, 3.05) is 0 Å². The zero-order valence-corrected chi connectivity index (χ0v) is 8.16. The normalized spacial score (nSPS) is 16.7. The third-order valence-electron chi connectivity index (χ3n) is 2.51. The van der Waals surface area contributed by atoms with Gasteiger partial charge < -0.3 is 14.9 Å². The average molecular weight is 194 g/mol. The highest BCUT2D eigenvalue weighted by Crippen LogP contribution is 2.30. The highest BCUT2D eigenvalue weighted by Gasteiger charge is 2.18. The summed E-state index contributed by atoms with van der Waals surface area (Å²) in [4.78, 5) is 0. The average Bonchev–Trinajstić information content (AvgIpc) is 2.57. The highest BCUT2D eigenvalue weighted by molar-refractivity contribution is 5.45. The fraction of sp³-hybridized carbons (Fsp3) is 0.455. The van der Waals surface area contributed by atoms with Crippen LogP contribution < -0.4 is 0 Å². The maximum atomic E-state index is 9.66. The van der Waals surface area contributed by atoms with E-state index in [1.54, 1.807) is 13.0 Å². The molecule has 1 aliphatic heterocycles. The van der Waals surface area contributed by atoms with Gasteiger partial charge in [0.25, 0.3) is 0 Å². The van der Waals surface area contributed by atoms with Crippen LogP contribution in [0.25, 0.3) is 0 Å². The number of aromatic hydroxyl groups is 1. The van der Waals surface area contributed by atoms with Gasteiger partial charge in [-0.3, -0.25) is 0 Å². The fourth-order valence-corrected chi connectivity index (χ4v) is 1.83. The van der Waals surface area contributed by atoms with Gasteiger partial charge in [-0.15, -0.1) is 0 Å². The predicted octanol–water partition coefficient (Wildman–Crippen LogP) is 1.35. The topological polar surface area (TPSA) is 49.7 Å². The molecule has 0 radical (unpaired) electrons. The van der Waals surface area contributed by atoms with Gasteiger partial charge in [-0.1, -0.05) is 6.07 Å². The lowest BCUT2D eigenvalue weighted by molar-refractivity contribution is 0.133. The van der Waals surface area contributed by atoms with E-state index in [4.69, 9.17) is 4.74 Å². The predicted molar refractivity (Wildman–Crippen MR) is 52.0 cm³/mol. The Morgan fingerprint density at radius 2 is 2.21 bits per heavy atom. The van der Waals surface area contributed by atoms with Crippen molar-refractivity contribution >= 4 is 0 Å². The molecule has 76 valence electrons. The van der Waals surface area contributed by atoms with Gasteiger partial charge in [0, 0.05) is 12.0 Å². The molecular formula is C11H14O3. The molecule has 2 N–H and O–H groups in total. The van der Waals surface area contributed by atoms with Gasteiger partial charge in [0.2, 0.25) is 0 Å². The van der Waals surface area contributed by atoms with Crippen LogP contribution >= 0.6 is 0 Å². The monoisotopic (exact) mass is 194 g/mol. The van der Waals surface area contributed by atoms with Crippen molar-refractivity contribution in [1.29, 1.82) is 0 Å². The van der Waals surface area contributed by atoms with Crippen molar-refractivity contribution in [2.24, 2.45) is 0 Å². The van der Waals surface area contributed by atoms with Gasteiger partial charge in [0.1, 0.15) is 5.75 Å². The van der Waals surface area contributed by atoms with Gasteiger partial charge in [-0.2, -0.15) is 0 Å². The molecule has 3 heteroatoms. The Balaban J connectivity index is 2.41. The first kappa shape index (κ1) is 9.49. The van der Waals surface area contributed by atoms with E-state index in [-0.39, 0.29) is 5.75 Å². The van der Waals surface area contributed by atoms with Gasteiger partial charge in [-0.25, -0.2) is 0 Å². The number of ether oxygens (including phenoxy) is 1. The molecule has 1 heterocycles. The minimum atomic E-state index is -0.437. The lowest BCUT2D eigenvalue weighted by atomic mass is 9.98. The van der Waals surface area contributed by atoms with E-state index in [0.717, 1.165) is 16.7 Å². The largest absolute Gasteiger partial charge is 0.508 e. The summed E-state index contributed by atoms with van der Waals surface area (Å²) in [6.45, 7) is 2.88. The molecular weight excluding hydrogens is 180 g/mol. The SMILES string of the molecule is CC(O)Cc1c(O)ccc2c1COC2. The number of rotatable bonds is 2. The number of fused-ring (bicyclic) bond motifs is 1. The van der Waals surface area contributed by atoms with Crippen molar-refractivity contribution in [3.63, 3.8) is 0 Å². The molecule has 2 rings (SSSR count). The molecule has 0 bridgehead atoms. The third kappa shape index (κ3) is 1.61. The van der Waals surface area contributed by atoms with Crippen LogP contribution in [-0.2, 0) is 24.4 Å². The molecule has 0 aromatic heterocycles. The van der Waals surface area contributed by atoms with E-state index in [1.807, 2.05) is 6.07 Å². The molecule has 1 unspecified atom stereocenters. The molecule has 0 aliphatic carbocycles. The number of aliphatic hydroxyl groups is 1. The summed E-state index contributed by atoms with van der Waals surface area (Å²) in [6.07, 6.45) is 0.0475. The van der Waals surface area contributed by atoms with Crippen LogP contribution in [0.2, 0.25) is 0 Å². The van der Waals surface area contributed by atoms with Gasteiger partial charge in [-0.05, 0) is 24.1 Å². The van der Waals surface area contributed by atoms with E-state index in [0.29, 0.717) is 19.6 Å². The molecule has 3 nitrogen and oxygen atoms in total. The van der Waals surface area contributed by atoms with E-state index >= 15 is 0 Å². The number of benzene rings is 1. The first-order chi connectivity index (χ1) is 6.68. The number of aliphatic hydroxyl groups excluding tert-OH is 1. The molecule has 1 aromatic rings. The third-order valence-corrected chi connectivity index (χ3v) is 2.51. The lowest BCUT2D eigenvalue weighted by Gasteiger charge is -2.11. The maximum Gasteiger partial charge on any atom is 0.119 e. The van der Waals surface area contributed by atoms with Crippen LogP contribution in [0, 0.1) is 0 Å². The zero-order chi connectivity index (χ0) is 10.1.